The van der Waals surface area contributed by atoms with Gasteiger partial charge in [0.05, 0.1) is 11.4 Å². The molecule has 3 aromatic rings. The molecule has 3 aromatic carbocycles. The zero-order valence-corrected chi connectivity index (χ0v) is 15.4. The van der Waals surface area contributed by atoms with Crippen LogP contribution < -0.4 is 0 Å². The van der Waals surface area contributed by atoms with E-state index in [0.717, 1.165) is 28.1 Å². The molecule has 0 amide bonds. The molecule has 3 aliphatic heterocycles. The van der Waals surface area contributed by atoms with Gasteiger partial charge in [-0.2, -0.15) is 0 Å². The number of benzene rings is 3. The van der Waals surface area contributed by atoms with Gasteiger partial charge in [0.15, 0.2) is 5.84 Å². The lowest BCUT2D eigenvalue weighted by atomic mass is 9.96. The van der Waals surface area contributed by atoms with Crippen molar-refractivity contribution in [1.29, 1.82) is 0 Å². The van der Waals surface area contributed by atoms with E-state index in [2.05, 4.69) is 22.1 Å². The molecule has 29 heavy (non-hydrogen) atoms. The standard InChI is InChI=1S/C24H16N4O/c29-24(18-12-10-17(11-13-18)16-6-2-1-3-7-16)22-26-20-9-5-4-8-19(20)21-14-15-25-23(27-24)28(21)22/h1-15,29H. The van der Waals surface area contributed by atoms with Crippen LogP contribution >= 0.6 is 0 Å². The predicted molar refractivity (Wildman–Crippen MR) is 115 cm³/mol. The molecule has 0 aliphatic carbocycles. The summed E-state index contributed by atoms with van der Waals surface area (Å²) >= 11 is 0. The fraction of sp³-hybridized carbons (Fsp3) is 0.0417. The van der Waals surface area contributed by atoms with Gasteiger partial charge in [0.1, 0.15) is 0 Å². The van der Waals surface area contributed by atoms with Crippen LogP contribution in [0.1, 0.15) is 11.1 Å². The highest BCUT2D eigenvalue weighted by molar-refractivity contribution is 6.22. The van der Waals surface area contributed by atoms with Crippen LogP contribution in [0.3, 0.4) is 0 Å². The van der Waals surface area contributed by atoms with Crippen molar-refractivity contribution in [3.05, 3.63) is 96.1 Å². The van der Waals surface area contributed by atoms with Gasteiger partial charge in [0.25, 0.3) is 0 Å². The van der Waals surface area contributed by atoms with E-state index < -0.39 is 5.72 Å². The fourth-order valence-corrected chi connectivity index (χ4v) is 4.01. The van der Waals surface area contributed by atoms with Crippen LogP contribution in [-0.4, -0.2) is 28.0 Å². The van der Waals surface area contributed by atoms with E-state index >= 15 is 0 Å². The zero-order chi connectivity index (χ0) is 19.4. The van der Waals surface area contributed by atoms with Crippen molar-refractivity contribution >= 4 is 29.4 Å². The second-order valence-corrected chi connectivity index (χ2v) is 7.15. The Morgan fingerprint density at radius 3 is 2.34 bits per heavy atom. The molecule has 0 aromatic heterocycles. The monoisotopic (exact) mass is 376 g/mol. The molecule has 1 unspecified atom stereocenters. The van der Waals surface area contributed by atoms with Gasteiger partial charge in [-0.05, 0) is 23.3 Å². The maximum atomic E-state index is 11.6. The molecule has 1 N–H and O–H groups in total. The molecule has 5 heteroatoms. The highest BCUT2D eigenvalue weighted by atomic mass is 16.3. The maximum Gasteiger partial charge on any atom is 0.246 e. The van der Waals surface area contributed by atoms with Gasteiger partial charge in [-0.3, -0.25) is 4.90 Å². The third-order valence-corrected chi connectivity index (χ3v) is 5.45. The van der Waals surface area contributed by atoms with Gasteiger partial charge in [-0.1, -0.05) is 72.8 Å². The zero-order valence-electron chi connectivity index (χ0n) is 15.4. The van der Waals surface area contributed by atoms with Gasteiger partial charge in [0.2, 0.25) is 11.7 Å². The average Bonchev–Trinajstić information content (AvgIpc) is 3.08. The van der Waals surface area contributed by atoms with E-state index in [1.807, 2.05) is 77.7 Å². The molecular formula is C24H16N4O. The number of amidine groups is 1. The second-order valence-electron chi connectivity index (χ2n) is 7.15. The quantitative estimate of drug-likeness (QED) is 0.723. The molecule has 3 heterocycles. The third kappa shape index (κ3) is 2.28. The summed E-state index contributed by atoms with van der Waals surface area (Å²) in [6.45, 7) is 0. The number of guanidine groups is 1. The Labute approximate surface area is 167 Å². The molecule has 0 saturated carbocycles. The minimum atomic E-state index is -1.58. The molecule has 0 radical (unpaired) electrons. The van der Waals surface area contributed by atoms with E-state index in [1.54, 1.807) is 6.21 Å². The molecule has 138 valence electrons. The van der Waals surface area contributed by atoms with Crippen LogP contribution in [0.5, 0.6) is 0 Å². The smallest absolute Gasteiger partial charge is 0.246 e. The van der Waals surface area contributed by atoms with Crippen molar-refractivity contribution in [2.45, 2.75) is 5.72 Å². The van der Waals surface area contributed by atoms with Gasteiger partial charge in [0, 0.05) is 17.3 Å². The molecule has 0 fully saturated rings. The van der Waals surface area contributed by atoms with Crippen LogP contribution in [0, 0.1) is 0 Å². The number of para-hydroxylation sites is 1. The van der Waals surface area contributed by atoms with Crippen molar-refractivity contribution in [1.82, 2.24) is 4.90 Å². The van der Waals surface area contributed by atoms with E-state index in [9.17, 15) is 5.11 Å². The lowest BCUT2D eigenvalue weighted by Gasteiger charge is -2.32. The molecule has 3 aliphatic rings. The Bertz CT molecular complexity index is 1260. The lowest BCUT2D eigenvalue weighted by molar-refractivity contribution is 0.122. The average molecular weight is 376 g/mol. The first-order chi connectivity index (χ1) is 14.2. The number of hydrogen-bond acceptors (Lipinski definition) is 5. The largest absolute Gasteiger partial charge is 0.359 e. The highest BCUT2D eigenvalue weighted by Gasteiger charge is 2.50. The first-order valence-corrected chi connectivity index (χ1v) is 9.45. The van der Waals surface area contributed by atoms with Crippen molar-refractivity contribution in [2.24, 2.45) is 15.0 Å². The molecule has 0 saturated heterocycles. The summed E-state index contributed by atoms with van der Waals surface area (Å²) < 4.78 is 0. The van der Waals surface area contributed by atoms with Gasteiger partial charge >= 0.3 is 0 Å². The van der Waals surface area contributed by atoms with Crippen LogP contribution in [0.4, 0.5) is 5.69 Å². The molecule has 0 bridgehead atoms. The molecule has 6 rings (SSSR count). The molecule has 5 nitrogen and oxygen atoms in total. The van der Waals surface area contributed by atoms with Crippen molar-refractivity contribution in [3.63, 3.8) is 0 Å². The molecule has 0 spiro atoms. The number of aliphatic hydroxyl groups is 1. The first kappa shape index (κ1) is 16.2. The summed E-state index contributed by atoms with van der Waals surface area (Å²) in [5, 5.41) is 11.6. The fourth-order valence-electron chi connectivity index (χ4n) is 4.01. The van der Waals surface area contributed by atoms with Crippen molar-refractivity contribution < 1.29 is 5.11 Å². The van der Waals surface area contributed by atoms with E-state index in [4.69, 9.17) is 4.99 Å². The van der Waals surface area contributed by atoms with Gasteiger partial charge in [-0.15, -0.1) is 0 Å². The summed E-state index contributed by atoms with van der Waals surface area (Å²) in [4.78, 5) is 15.5. The number of aliphatic imine (C=N–C) groups is 3. The Morgan fingerprint density at radius 1 is 0.793 bits per heavy atom. The van der Waals surface area contributed by atoms with Crippen LogP contribution in [0.15, 0.2) is 99.9 Å². The topological polar surface area (TPSA) is 60.6 Å². The summed E-state index contributed by atoms with van der Waals surface area (Å²) in [6.07, 6.45) is 3.64. The Morgan fingerprint density at radius 2 is 1.52 bits per heavy atom. The predicted octanol–water partition coefficient (Wildman–Crippen LogP) is 4.34. The Hall–Kier alpha value is -3.83. The minimum absolute atomic E-state index is 0.449. The van der Waals surface area contributed by atoms with Gasteiger partial charge in [-0.25, -0.2) is 15.0 Å². The van der Waals surface area contributed by atoms with E-state index in [-0.39, 0.29) is 0 Å². The summed E-state index contributed by atoms with van der Waals surface area (Å²) in [5.41, 5.74) is 4.02. The second kappa shape index (κ2) is 5.83. The van der Waals surface area contributed by atoms with Crippen molar-refractivity contribution in [2.75, 3.05) is 0 Å². The number of allylic oxidation sites excluding steroid dienone is 1. The van der Waals surface area contributed by atoms with Crippen LogP contribution in [-0.2, 0) is 5.72 Å². The van der Waals surface area contributed by atoms with Crippen molar-refractivity contribution in [3.8, 4) is 11.1 Å². The molecular weight excluding hydrogens is 360 g/mol. The van der Waals surface area contributed by atoms with Crippen LogP contribution in [0.2, 0.25) is 0 Å². The third-order valence-electron chi connectivity index (χ3n) is 5.45. The first-order valence-electron chi connectivity index (χ1n) is 9.45. The summed E-state index contributed by atoms with van der Waals surface area (Å²) in [7, 11) is 0. The number of fused-ring (bicyclic) bond motifs is 2. The number of hydrogen-bond donors (Lipinski definition) is 1. The highest BCUT2D eigenvalue weighted by Crippen LogP contribution is 2.44. The summed E-state index contributed by atoms with van der Waals surface area (Å²) in [6, 6.07) is 25.8. The minimum Gasteiger partial charge on any atom is -0.359 e. The number of nitrogens with zero attached hydrogens (tertiary/aromatic N) is 4. The Kier molecular flexibility index (Phi) is 3.25. The van der Waals surface area contributed by atoms with E-state index in [1.165, 1.54) is 0 Å². The van der Waals surface area contributed by atoms with Gasteiger partial charge < -0.3 is 5.11 Å². The lowest BCUT2D eigenvalue weighted by Crippen LogP contribution is -2.42. The maximum absolute atomic E-state index is 11.6. The number of rotatable bonds is 2. The summed E-state index contributed by atoms with van der Waals surface area (Å²) in [5.74, 6) is 0.909. The normalized spacial score (nSPS) is 21.1. The Balaban J connectivity index is 1.49. The van der Waals surface area contributed by atoms with E-state index in [0.29, 0.717) is 17.4 Å². The SMILES string of the molecule is OC1(c2ccc(-c3ccccc3)cc2)N=C2N=CC=C3c4ccccc4N=C1N32. The van der Waals surface area contributed by atoms with Crippen LogP contribution in [0.25, 0.3) is 16.8 Å². The molecule has 1 atom stereocenters.